The molecule has 164 valence electrons. The molecule has 2 amide bonds. The van der Waals surface area contributed by atoms with E-state index in [2.05, 4.69) is 5.32 Å². The number of benzene rings is 2. The van der Waals surface area contributed by atoms with Gasteiger partial charge in [0.15, 0.2) is 0 Å². The molecule has 31 heavy (non-hydrogen) atoms. The lowest BCUT2D eigenvalue weighted by molar-refractivity contribution is -0.147. The van der Waals surface area contributed by atoms with E-state index < -0.39 is 12.0 Å². The van der Waals surface area contributed by atoms with Crippen LogP contribution in [0.5, 0.6) is 11.5 Å². The number of hydrogen-bond acceptors (Lipinski definition) is 6. The fraction of sp³-hybridized carbons (Fsp3) is 0.348. The first-order chi connectivity index (χ1) is 15.1. The molecule has 1 aliphatic heterocycles. The summed E-state index contributed by atoms with van der Waals surface area (Å²) in [7, 11) is 0. The van der Waals surface area contributed by atoms with Crippen LogP contribution in [0.25, 0.3) is 0 Å². The fourth-order valence-electron chi connectivity index (χ4n) is 3.23. The van der Waals surface area contributed by atoms with Crippen LogP contribution < -0.4 is 14.8 Å². The summed E-state index contributed by atoms with van der Waals surface area (Å²) in [6.45, 7) is 3.33. The van der Waals surface area contributed by atoms with Gasteiger partial charge in [-0.3, -0.25) is 14.4 Å². The minimum absolute atomic E-state index is 0.173. The number of hydrogen-bond donors (Lipinski definition) is 1. The highest BCUT2D eigenvalue weighted by Crippen LogP contribution is 2.18. The number of amides is 2. The van der Waals surface area contributed by atoms with Gasteiger partial charge in [-0.2, -0.15) is 0 Å². The third-order valence-corrected chi connectivity index (χ3v) is 4.72. The number of nitrogens with zero attached hydrogens (tertiary/aromatic N) is 1. The van der Waals surface area contributed by atoms with E-state index in [0.717, 1.165) is 5.75 Å². The Morgan fingerprint density at radius 2 is 1.65 bits per heavy atom. The van der Waals surface area contributed by atoms with Crippen LogP contribution in [0, 0.1) is 0 Å². The molecular formula is C23H26N2O6. The van der Waals surface area contributed by atoms with Gasteiger partial charge < -0.3 is 24.4 Å². The quantitative estimate of drug-likeness (QED) is 0.487. The highest BCUT2D eigenvalue weighted by atomic mass is 16.5. The van der Waals surface area contributed by atoms with Crippen molar-refractivity contribution in [2.24, 2.45) is 0 Å². The summed E-state index contributed by atoms with van der Waals surface area (Å²) in [4.78, 5) is 38.5. The molecule has 3 rings (SSSR count). The van der Waals surface area contributed by atoms with Crippen molar-refractivity contribution in [2.45, 2.75) is 19.4 Å². The maximum Gasteiger partial charge on any atom is 0.308 e. The Bertz CT molecular complexity index is 885. The lowest BCUT2D eigenvalue weighted by Gasteiger charge is -2.34. The molecule has 1 fully saturated rings. The van der Waals surface area contributed by atoms with Gasteiger partial charge in [-0.05, 0) is 43.3 Å². The Kier molecular flexibility index (Phi) is 7.86. The summed E-state index contributed by atoms with van der Waals surface area (Å²) < 4.78 is 16.2. The van der Waals surface area contributed by atoms with Crippen LogP contribution in [0.1, 0.15) is 23.7 Å². The van der Waals surface area contributed by atoms with Crippen LogP contribution in [0.15, 0.2) is 54.6 Å². The first-order valence-corrected chi connectivity index (χ1v) is 10.2. The Labute approximate surface area is 181 Å². The van der Waals surface area contributed by atoms with Gasteiger partial charge in [-0.1, -0.05) is 18.2 Å². The third kappa shape index (κ3) is 6.21. The predicted octanol–water partition coefficient (Wildman–Crippen LogP) is 2.04. The Morgan fingerprint density at radius 1 is 1.00 bits per heavy atom. The second kappa shape index (κ2) is 11.0. The molecule has 0 spiro atoms. The summed E-state index contributed by atoms with van der Waals surface area (Å²) in [5.41, 5.74) is 0.413. The molecule has 1 atom stereocenters. The lowest BCUT2D eigenvalue weighted by atomic mass is 10.1. The van der Waals surface area contributed by atoms with E-state index >= 15 is 0 Å². The van der Waals surface area contributed by atoms with Crippen molar-refractivity contribution in [3.05, 3.63) is 60.2 Å². The van der Waals surface area contributed by atoms with Crippen molar-refractivity contribution >= 4 is 17.8 Å². The lowest BCUT2D eigenvalue weighted by Crippen LogP contribution is -2.57. The standard InChI is InChI=1S/C23H26N2O6/c1-2-29-21(26)16-20-22(27)24-12-13-25(20)23(28)17-8-10-19(11-9-17)31-15-14-30-18-6-4-3-5-7-18/h3-11,20H,2,12-16H2,1H3,(H,24,27)/t20-/m1/s1. The van der Waals surface area contributed by atoms with Crippen LogP contribution in [0.3, 0.4) is 0 Å². The first kappa shape index (κ1) is 22.1. The monoisotopic (exact) mass is 426 g/mol. The highest BCUT2D eigenvalue weighted by molar-refractivity contribution is 5.99. The molecule has 2 aromatic rings. The summed E-state index contributed by atoms with van der Waals surface area (Å²) >= 11 is 0. The van der Waals surface area contributed by atoms with Gasteiger partial charge in [0, 0.05) is 18.7 Å². The van der Waals surface area contributed by atoms with E-state index in [-0.39, 0.29) is 24.8 Å². The Hall–Kier alpha value is -3.55. The van der Waals surface area contributed by atoms with Crippen molar-refractivity contribution in [2.75, 3.05) is 32.9 Å². The van der Waals surface area contributed by atoms with Crippen molar-refractivity contribution in [3.63, 3.8) is 0 Å². The topological polar surface area (TPSA) is 94.2 Å². The number of carbonyl (C=O) groups is 3. The molecule has 0 aliphatic carbocycles. The zero-order valence-corrected chi connectivity index (χ0v) is 17.4. The second-order valence-corrected chi connectivity index (χ2v) is 6.85. The van der Waals surface area contributed by atoms with Gasteiger partial charge in [-0.25, -0.2) is 0 Å². The molecule has 1 aliphatic rings. The minimum atomic E-state index is -0.883. The van der Waals surface area contributed by atoms with Crippen LogP contribution in [0.4, 0.5) is 0 Å². The van der Waals surface area contributed by atoms with Crippen molar-refractivity contribution in [1.82, 2.24) is 10.2 Å². The number of piperazine rings is 1. The maximum atomic E-state index is 13.0. The summed E-state index contributed by atoms with van der Waals surface area (Å²) in [6.07, 6.45) is -0.173. The fourth-order valence-corrected chi connectivity index (χ4v) is 3.23. The van der Waals surface area contributed by atoms with Crippen molar-refractivity contribution in [3.8, 4) is 11.5 Å². The number of esters is 1. The van der Waals surface area contributed by atoms with Crippen molar-refractivity contribution < 1.29 is 28.6 Å². The number of rotatable bonds is 9. The SMILES string of the molecule is CCOC(=O)C[C@@H]1C(=O)NCCN1C(=O)c1ccc(OCCOc2ccccc2)cc1. The van der Waals surface area contributed by atoms with Crippen LogP contribution in [0.2, 0.25) is 0 Å². The maximum absolute atomic E-state index is 13.0. The van der Waals surface area contributed by atoms with E-state index in [1.165, 1.54) is 4.90 Å². The van der Waals surface area contributed by atoms with E-state index in [1.807, 2.05) is 30.3 Å². The van der Waals surface area contributed by atoms with Gasteiger partial charge in [0.05, 0.1) is 13.0 Å². The van der Waals surface area contributed by atoms with Gasteiger partial charge >= 0.3 is 5.97 Å². The number of carbonyl (C=O) groups excluding carboxylic acids is 3. The molecule has 0 aromatic heterocycles. The third-order valence-electron chi connectivity index (χ3n) is 4.72. The van der Waals surface area contributed by atoms with Gasteiger partial charge in [0.1, 0.15) is 30.8 Å². The minimum Gasteiger partial charge on any atom is -0.490 e. The normalized spacial score (nSPS) is 15.7. The molecule has 8 nitrogen and oxygen atoms in total. The molecule has 0 bridgehead atoms. The molecule has 1 saturated heterocycles. The van der Waals surface area contributed by atoms with E-state index in [1.54, 1.807) is 31.2 Å². The molecule has 2 aromatic carbocycles. The largest absolute Gasteiger partial charge is 0.490 e. The summed E-state index contributed by atoms with van der Waals surface area (Å²) in [5, 5.41) is 2.69. The average molecular weight is 426 g/mol. The number of para-hydroxylation sites is 1. The predicted molar refractivity (Wildman–Crippen MR) is 113 cm³/mol. The molecule has 0 saturated carbocycles. The second-order valence-electron chi connectivity index (χ2n) is 6.85. The van der Waals surface area contributed by atoms with Crippen LogP contribution in [-0.2, 0) is 14.3 Å². The van der Waals surface area contributed by atoms with E-state index in [4.69, 9.17) is 14.2 Å². The summed E-state index contributed by atoms with van der Waals surface area (Å²) in [6, 6.07) is 15.2. The highest BCUT2D eigenvalue weighted by Gasteiger charge is 2.35. The Balaban J connectivity index is 1.55. The van der Waals surface area contributed by atoms with E-state index in [9.17, 15) is 14.4 Å². The smallest absolute Gasteiger partial charge is 0.308 e. The molecule has 0 radical (unpaired) electrons. The zero-order chi connectivity index (χ0) is 22.1. The summed E-state index contributed by atoms with van der Waals surface area (Å²) in [5.74, 6) is 0.195. The van der Waals surface area contributed by atoms with Gasteiger partial charge in [0.25, 0.3) is 5.91 Å². The molecular weight excluding hydrogens is 400 g/mol. The van der Waals surface area contributed by atoms with Crippen LogP contribution >= 0.6 is 0 Å². The zero-order valence-electron chi connectivity index (χ0n) is 17.4. The average Bonchev–Trinajstić information content (AvgIpc) is 2.79. The van der Waals surface area contributed by atoms with Gasteiger partial charge in [-0.15, -0.1) is 0 Å². The Morgan fingerprint density at radius 3 is 2.29 bits per heavy atom. The molecule has 1 heterocycles. The first-order valence-electron chi connectivity index (χ1n) is 10.2. The van der Waals surface area contributed by atoms with Crippen LogP contribution in [-0.4, -0.2) is 61.6 Å². The molecule has 1 N–H and O–H groups in total. The number of nitrogens with one attached hydrogen (secondary N) is 1. The van der Waals surface area contributed by atoms with E-state index in [0.29, 0.717) is 37.6 Å². The number of ether oxygens (including phenoxy) is 3. The van der Waals surface area contributed by atoms with Crippen molar-refractivity contribution in [1.29, 1.82) is 0 Å². The molecule has 8 heteroatoms. The molecule has 0 unspecified atom stereocenters. The van der Waals surface area contributed by atoms with Gasteiger partial charge in [0.2, 0.25) is 5.91 Å².